The van der Waals surface area contributed by atoms with Crippen LogP contribution in [-0.4, -0.2) is 34.2 Å². The van der Waals surface area contributed by atoms with E-state index in [4.69, 9.17) is 0 Å². The number of nitrogens with zero attached hydrogens (tertiary/aromatic N) is 2. The first-order valence-corrected chi connectivity index (χ1v) is 15.6. The lowest BCUT2D eigenvalue weighted by atomic mass is 10.0. The standard InChI is InChI=1S/C37H34F3N5O3/c1-2-3-4-8-21-42-36(48)33(24-10-6-5-7-11-24)45-34(46)27-15-19-30-26(23-27)16-20-31(43-30)44-35(47)29-12-9-22-41-32(29)25-13-17-28(18-14-25)37(38,39)40/h5-7,9-20,22-23,33H,2-4,8,21H2,1H3,(H,42,48)(H,45,46)(H,43,44,47)/t33-/m0/s1. The second kappa shape index (κ2) is 15.3. The van der Waals surface area contributed by atoms with Gasteiger partial charge in [-0.2, -0.15) is 13.2 Å². The van der Waals surface area contributed by atoms with Crippen molar-refractivity contribution in [2.24, 2.45) is 0 Å². The monoisotopic (exact) mass is 653 g/mol. The van der Waals surface area contributed by atoms with Gasteiger partial charge in [0.2, 0.25) is 5.91 Å². The van der Waals surface area contributed by atoms with Crippen LogP contribution in [-0.2, 0) is 11.0 Å². The van der Waals surface area contributed by atoms with Crippen LogP contribution in [0.25, 0.3) is 22.2 Å². The summed E-state index contributed by atoms with van der Waals surface area (Å²) in [7, 11) is 0. The third-order valence-corrected chi connectivity index (χ3v) is 7.73. The Balaban J connectivity index is 1.29. The molecule has 0 fully saturated rings. The van der Waals surface area contributed by atoms with Gasteiger partial charge in [0.05, 0.1) is 22.3 Å². The molecule has 0 aliphatic heterocycles. The van der Waals surface area contributed by atoms with Crippen LogP contribution in [0.3, 0.4) is 0 Å². The van der Waals surface area contributed by atoms with Crippen molar-refractivity contribution >= 4 is 34.4 Å². The van der Waals surface area contributed by atoms with Crippen molar-refractivity contribution in [3.63, 3.8) is 0 Å². The number of carbonyl (C=O) groups is 3. The highest BCUT2D eigenvalue weighted by Gasteiger charge is 2.30. The topological polar surface area (TPSA) is 113 Å². The highest BCUT2D eigenvalue weighted by atomic mass is 19.4. The first kappa shape index (κ1) is 33.8. The molecule has 0 spiro atoms. The van der Waals surface area contributed by atoms with E-state index in [1.54, 1.807) is 48.5 Å². The van der Waals surface area contributed by atoms with Crippen LogP contribution in [0.5, 0.6) is 0 Å². The van der Waals surface area contributed by atoms with Crippen molar-refractivity contribution in [3.05, 3.63) is 126 Å². The van der Waals surface area contributed by atoms with Crippen LogP contribution in [0.2, 0.25) is 0 Å². The lowest BCUT2D eigenvalue weighted by molar-refractivity contribution is -0.137. The molecule has 0 aliphatic rings. The number of anilines is 1. The van der Waals surface area contributed by atoms with Gasteiger partial charge in [-0.25, -0.2) is 4.98 Å². The first-order chi connectivity index (χ1) is 23.1. The largest absolute Gasteiger partial charge is 0.416 e. The number of pyridine rings is 2. The SMILES string of the molecule is CCCCCCNC(=O)[C@@H](NC(=O)c1ccc2nc(NC(=O)c3cccnc3-c3ccc(C(F)(F)F)cc3)ccc2c1)c1ccccc1. The average molecular weight is 654 g/mol. The molecule has 11 heteroatoms. The summed E-state index contributed by atoms with van der Waals surface area (Å²) >= 11 is 0. The van der Waals surface area contributed by atoms with Gasteiger partial charge in [-0.05, 0) is 66.6 Å². The Morgan fingerprint density at radius 2 is 1.58 bits per heavy atom. The third-order valence-electron chi connectivity index (χ3n) is 7.73. The molecular weight excluding hydrogens is 619 g/mol. The number of alkyl halides is 3. The van der Waals surface area contributed by atoms with Crippen LogP contribution < -0.4 is 16.0 Å². The van der Waals surface area contributed by atoms with E-state index in [1.165, 1.54) is 24.4 Å². The molecule has 8 nitrogen and oxygen atoms in total. The van der Waals surface area contributed by atoms with Crippen molar-refractivity contribution in [3.8, 4) is 11.3 Å². The molecule has 0 bridgehead atoms. The van der Waals surface area contributed by atoms with Gasteiger partial charge in [0.1, 0.15) is 11.9 Å². The van der Waals surface area contributed by atoms with Gasteiger partial charge in [-0.1, -0.05) is 68.7 Å². The summed E-state index contributed by atoms with van der Waals surface area (Å²) in [6.07, 6.45) is 1.03. The van der Waals surface area contributed by atoms with E-state index < -0.39 is 29.6 Å². The van der Waals surface area contributed by atoms with Crippen LogP contribution in [0, 0.1) is 0 Å². The van der Waals surface area contributed by atoms with Crippen molar-refractivity contribution < 1.29 is 27.6 Å². The minimum Gasteiger partial charge on any atom is -0.354 e. The Bertz CT molecular complexity index is 1900. The highest BCUT2D eigenvalue weighted by molar-refractivity contribution is 6.08. The van der Waals surface area contributed by atoms with Gasteiger partial charge < -0.3 is 16.0 Å². The average Bonchev–Trinajstić information content (AvgIpc) is 3.10. The maximum absolute atomic E-state index is 13.3. The second-order valence-corrected chi connectivity index (χ2v) is 11.2. The summed E-state index contributed by atoms with van der Waals surface area (Å²) in [5, 5.41) is 9.15. The Morgan fingerprint density at radius 1 is 0.812 bits per heavy atom. The van der Waals surface area contributed by atoms with Crippen molar-refractivity contribution in [2.75, 3.05) is 11.9 Å². The van der Waals surface area contributed by atoms with E-state index in [2.05, 4.69) is 32.8 Å². The molecule has 3 aromatic carbocycles. The van der Waals surface area contributed by atoms with E-state index in [-0.39, 0.29) is 23.0 Å². The third kappa shape index (κ3) is 8.41. The molecule has 5 rings (SSSR count). The van der Waals surface area contributed by atoms with Gasteiger partial charge in [-0.15, -0.1) is 0 Å². The van der Waals surface area contributed by atoms with Gasteiger partial charge in [-0.3, -0.25) is 19.4 Å². The van der Waals surface area contributed by atoms with E-state index in [1.807, 2.05) is 18.2 Å². The molecular formula is C37H34F3N5O3. The second-order valence-electron chi connectivity index (χ2n) is 11.2. The van der Waals surface area contributed by atoms with E-state index in [9.17, 15) is 27.6 Å². The summed E-state index contributed by atoms with van der Waals surface area (Å²) in [5.74, 6) is -1.04. The molecule has 0 radical (unpaired) electrons. The lowest BCUT2D eigenvalue weighted by Gasteiger charge is -2.19. The molecule has 3 N–H and O–H groups in total. The molecule has 0 unspecified atom stereocenters. The summed E-state index contributed by atoms with van der Waals surface area (Å²) in [6, 6.07) is 23.8. The molecule has 3 amide bonds. The van der Waals surface area contributed by atoms with Crippen LogP contribution in [0.4, 0.5) is 19.0 Å². The van der Waals surface area contributed by atoms with E-state index in [0.29, 0.717) is 34.1 Å². The number of amides is 3. The Kier molecular flexibility index (Phi) is 10.8. The molecule has 0 saturated heterocycles. The van der Waals surface area contributed by atoms with Gasteiger partial charge >= 0.3 is 6.18 Å². The molecule has 2 aromatic heterocycles. The van der Waals surface area contributed by atoms with Crippen LogP contribution in [0.15, 0.2) is 103 Å². The number of halogens is 3. The minimum atomic E-state index is -4.48. The molecule has 0 aliphatic carbocycles. The summed E-state index contributed by atoms with van der Waals surface area (Å²) < 4.78 is 39.1. The smallest absolute Gasteiger partial charge is 0.354 e. The van der Waals surface area contributed by atoms with Crippen LogP contribution in [0.1, 0.15) is 70.5 Å². The van der Waals surface area contributed by atoms with Gasteiger partial charge in [0.15, 0.2) is 0 Å². The van der Waals surface area contributed by atoms with E-state index in [0.717, 1.165) is 37.8 Å². The predicted octanol–water partition coefficient (Wildman–Crippen LogP) is 7.74. The minimum absolute atomic E-state index is 0.157. The summed E-state index contributed by atoms with van der Waals surface area (Å²) in [6.45, 7) is 2.64. The zero-order chi connectivity index (χ0) is 34.1. The Labute approximate surface area is 275 Å². The Morgan fingerprint density at radius 3 is 2.31 bits per heavy atom. The molecule has 2 heterocycles. The number of rotatable bonds is 12. The predicted molar refractivity (Wildman–Crippen MR) is 178 cm³/mol. The number of unbranched alkanes of at least 4 members (excludes halogenated alkanes) is 3. The fourth-order valence-electron chi connectivity index (χ4n) is 5.18. The zero-order valence-corrected chi connectivity index (χ0v) is 26.2. The van der Waals surface area contributed by atoms with Crippen molar-refractivity contribution in [2.45, 2.75) is 44.8 Å². The summed E-state index contributed by atoms with van der Waals surface area (Å²) in [4.78, 5) is 48.4. The fraction of sp³-hybridized carbons (Fsp3) is 0.216. The Hall–Kier alpha value is -5.58. The zero-order valence-electron chi connectivity index (χ0n) is 26.2. The normalized spacial score (nSPS) is 11.9. The number of hydrogen-bond donors (Lipinski definition) is 3. The molecule has 1 atom stereocenters. The van der Waals surface area contributed by atoms with Crippen molar-refractivity contribution in [1.82, 2.24) is 20.6 Å². The van der Waals surface area contributed by atoms with Crippen LogP contribution >= 0.6 is 0 Å². The molecule has 0 saturated carbocycles. The number of benzene rings is 3. The number of hydrogen-bond acceptors (Lipinski definition) is 5. The molecule has 246 valence electrons. The quantitative estimate of drug-likeness (QED) is 0.119. The highest BCUT2D eigenvalue weighted by Crippen LogP contribution is 2.31. The maximum Gasteiger partial charge on any atom is 0.416 e. The van der Waals surface area contributed by atoms with Gasteiger partial charge in [0.25, 0.3) is 11.8 Å². The number of nitrogens with one attached hydrogen (secondary N) is 3. The first-order valence-electron chi connectivity index (χ1n) is 15.6. The lowest BCUT2D eigenvalue weighted by Crippen LogP contribution is -2.40. The number of carbonyl (C=O) groups excluding carboxylic acids is 3. The molecule has 5 aromatic rings. The number of fused-ring (bicyclic) bond motifs is 1. The fourth-order valence-corrected chi connectivity index (χ4v) is 5.18. The van der Waals surface area contributed by atoms with Crippen molar-refractivity contribution in [1.29, 1.82) is 0 Å². The molecule has 48 heavy (non-hydrogen) atoms. The van der Waals surface area contributed by atoms with Gasteiger partial charge in [0, 0.05) is 29.3 Å². The number of aromatic nitrogens is 2. The maximum atomic E-state index is 13.3. The van der Waals surface area contributed by atoms with E-state index >= 15 is 0 Å². The summed E-state index contributed by atoms with van der Waals surface area (Å²) in [5.41, 5.74) is 1.42.